The minimum absolute atomic E-state index is 0.215. The number of halogens is 1. The van der Waals surface area contributed by atoms with Crippen molar-refractivity contribution >= 4 is 43.5 Å². The number of carboxylic acids is 1. The topological polar surface area (TPSA) is 83.3 Å². The van der Waals surface area contributed by atoms with Crippen molar-refractivity contribution in [3.05, 3.63) is 40.3 Å². The van der Waals surface area contributed by atoms with E-state index in [9.17, 15) is 5.11 Å². The molecule has 0 unspecified atom stereocenters. The Bertz CT molecular complexity index is 785. The Labute approximate surface area is 133 Å². The van der Waals surface area contributed by atoms with Gasteiger partial charge >= 0.3 is 0 Å². The number of benzene rings is 1. The van der Waals surface area contributed by atoms with Crippen LogP contribution in [-0.2, 0) is 4.79 Å². The molecular weight excluding hydrogens is 356 g/mol. The number of thiophene rings is 1. The zero-order valence-electron chi connectivity index (χ0n) is 10.9. The standard InChI is InChI=1S/C12H7BrN2OS.C2H4O2/c13-11-10-9(4-5-17-10)14-12(15-11)7-2-1-3-8(16)6-7;1-2(3)4/h1-6,16H;1H3,(H,3,4). The number of fused-ring (bicyclic) bond motifs is 1. The lowest BCUT2D eigenvalue weighted by Gasteiger charge is -2.02. The van der Waals surface area contributed by atoms with E-state index in [4.69, 9.17) is 9.90 Å². The maximum Gasteiger partial charge on any atom is 0.300 e. The van der Waals surface area contributed by atoms with Crippen LogP contribution in [-0.4, -0.2) is 26.2 Å². The highest BCUT2D eigenvalue weighted by Gasteiger charge is 2.08. The molecule has 3 aromatic rings. The zero-order chi connectivity index (χ0) is 15.4. The van der Waals surface area contributed by atoms with Crippen LogP contribution < -0.4 is 0 Å². The smallest absolute Gasteiger partial charge is 0.300 e. The highest BCUT2D eigenvalue weighted by molar-refractivity contribution is 9.10. The van der Waals surface area contributed by atoms with E-state index in [1.54, 1.807) is 29.5 Å². The summed E-state index contributed by atoms with van der Waals surface area (Å²) in [4.78, 5) is 17.9. The fraction of sp³-hybridized carbons (Fsp3) is 0.0714. The van der Waals surface area contributed by atoms with E-state index >= 15 is 0 Å². The predicted octanol–water partition coefficient (Wildman–Crippen LogP) is 3.92. The summed E-state index contributed by atoms with van der Waals surface area (Å²) in [5.74, 6) is -0.00804. The number of phenolic OH excluding ortho intramolecular Hbond substituents is 1. The Balaban J connectivity index is 0.000000361. The molecule has 0 atom stereocenters. The van der Waals surface area contributed by atoms with E-state index in [1.807, 2.05) is 17.5 Å². The van der Waals surface area contributed by atoms with Gasteiger partial charge in [-0.15, -0.1) is 11.3 Å². The molecule has 1 aromatic carbocycles. The first-order chi connectivity index (χ1) is 9.97. The average Bonchev–Trinajstić information content (AvgIpc) is 2.87. The lowest BCUT2D eigenvalue weighted by molar-refractivity contribution is -0.134. The van der Waals surface area contributed by atoms with Gasteiger partial charge in [0.15, 0.2) is 5.82 Å². The molecule has 0 saturated heterocycles. The molecular formula is C14H11BrN2O3S. The van der Waals surface area contributed by atoms with Crippen LogP contribution in [0.25, 0.3) is 21.6 Å². The predicted molar refractivity (Wildman–Crippen MR) is 85.5 cm³/mol. The van der Waals surface area contributed by atoms with Gasteiger partial charge in [-0.1, -0.05) is 12.1 Å². The summed E-state index contributed by atoms with van der Waals surface area (Å²) < 4.78 is 1.82. The Kier molecular flexibility index (Phi) is 4.87. The van der Waals surface area contributed by atoms with Gasteiger partial charge < -0.3 is 10.2 Å². The van der Waals surface area contributed by atoms with Gasteiger partial charge in [0.25, 0.3) is 5.97 Å². The molecule has 21 heavy (non-hydrogen) atoms. The summed E-state index contributed by atoms with van der Waals surface area (Å²) in [6, 6.07) is 8.89. The molecule has 3 rings (SSSR count). The van der Waals surface area contributed by atoms with Crippen molar-refractivity contribution in [3.8, 4) is 17.1 Å². The third kappa shape index (κ3) is 3.99. The van der Waals surface area contributed by atoms with Gasteiger partial charge in [-0.2, -0.15) is 0 Å². The first kappa shape index (κ1) is 15.4. The number of hydrogen-bond donors (Lipinski definition) is 2. The van der Waals surface area contributed by atoms with Crippen LogP contribution in [0.3, 0.4) is 0 Å². The van der Waals surface area contributed by atoms with Crippen LogP contribution in [0.5, 0.6) is 5.75 Å². The van der Waals surface area contributed by atoms with Crippen molar-refractivity contribution in [2.75, 3.05) is 0 Å². The number of carboxylic acid groups (broad SMARTS) is 1. The molecule has 0 aliphatic heterocycles. The molecule has 0 fully saturated rings. The van der Waals surface area contributed by atoms with Crippen LogP contribution in [0.2, 0.25) is 0 Å². The van der Waals surface area contributed by atoms with Gasteiger partial charge in [0.1, 0.15) is 10.4 Å². The minimum atomic E-state index is -0.833. The average molecular weight is 367 g/mol. The van der Waals surface area contributed by atoms with Gasteiger partial charge in [0.05, 0.1) is 10.2 Å². The third-order valence-corrected chi connectivity index (χ3v) is 4.11. The Morgan fingerprint density at radius 1 is 1.29 bits per heavy atom. The van der Waals surface area contributed by atoms with Crippen molar-refractivity contribution in [3.63, 3.8) is 0 Å². The normalized spacial score (nSPS) is 10.0. The monoisotopic (exact) mass is 366 g/mol. The highest BCUT2D eigenvalue weighted by atomic mass is 79.9. The summed E-state index contributed by atoms with van der Waals surface area (Å²) in [6.07, 6.45) is 0. The summed E-state index contributed by atoms with van der Waals surface area (Å²) >= 11 is 5.04. The van der Waals surface area contributed by atoms with E-state index in [0.29, 0.717) is 5.82 Å². The molecule has 0 amide bonds. The van der Waals surface area contributed by atoms with E-state index in [1.165, 1.54) is 0 Å². The highest BCUT2D eigenvalue weighted by Crippen LogP contribution is 2.29. The number of aliphatic carboxylic acids is 1. The molecule has 0 bridgehead atoms. The molecule has 0 aliphatic rings. The van der Waals surface area contributed by atoms with Crippen molar-refractivity contribution in [2.24, 2.45) is 0 Å². The number of rotatable bonds is 1. The second-order valence-corrected chi connectivity index (χ2v) is 5.71. The van der Waals surface area contributed by atoms with Crippen molar-refractivity contribution < 1.29 is 15.0 Å². The number of hydrogen-bond acceptors (Lipinski definition) is 5. The molecule has 0 saturated carbocycles. The van der Waals surface area contributed by atoms with Crippen LogP contribution in [0.4, 0.5) is 0 Å². The van der Waals surface area contributed by atoms with E-state index < -0.39 is 5.97 Å². The second-order valence-electron chi connectivity index (χ2n) is 4.04. The molecule has 0 spiro atoms. The molecule has 2 aromatic heterocycles. The van der Waals surface area contributed by atoms with Crippen LogP contribution in [0.1, 0.15) is 6.92 Å². The largest absolute Gasteiger partial charge is 0.508 e. The fourth-order valence-electron chi connectivity index (χ4n) is 1.60. The summed E-state index contributed by atoms with van der Waals surface area (Å²) in [6.45, 7) is 1.08. The molecule has 0 radical (unpaired) electrons. The van der Waals surface area contributed by atoms with Gasteiger partial charge in [0.2, 0.25) is 0 Å². The van der Waals surface area contributed by atoms with E-state index in [0.717, 1.165) is 27.3 Å². The Hall–Kier alpha value is -1.99. The lowest BCUT2D eigenvalue weighted by Crippen LogP contribution is -1.89. The van der Waals surface area contributed by atoms with E-state index in [2.05, 4.69) is 25.9 Å². The minimum Gasteiger partial charge on any atom is -0.508 e. The van der Waals surface area contributed by atoms with Crippen molar-refractivity contribution in [2.45, 2.75) is 6.92 Å². The summed E-state index contributed by atoms with van der Waals surface area (Å²) in [5, 5.41) is 18.9. The first-order valence-electron chi connectivity index (χ1n) is 5.87. The number of carbonyl (C=O) groups is 1. The molecule has 2 heterocycles. The van der Waals surface area contributed by atoms with Gasteiger partial charge in [-0.05, 0) is 39.5 Å². The summed E-state index contributed by atoms with van der Waals surface area (Å²) in [7, 11) is 0. The number of phenols is 1. The van der Waals surface area contributed by atoms with E-state index in [-0.39, 0.29) is 5.75 Å². The van der Waals surface area contributed by atoms with Gasteiger partial charge in [0, 0.05) is 12.5 Å². The molecule has 5 nitrogen and oxygen atoms in total. The second kappa shape index (κ2) is 6.64. The maximum absolute atomic E-state index is 9.45. The SMILES string of the molecule is CC(=O)O.Oc1cccc(-c2nc(Br)c3sccc3n2)c1. The van der Waals surface area contributed by atoms with Crippen LogP contribution in [0, 0.1) is 0 Å². The number of aromatic nitrogens is 2. The van der Waals surface area contributed by atoms with Gasteiger partial charge in [-0.3, -0.25) is 4.79 Å². The van der Waals surface area contributed by atoms with Crippen LogP contribution >= 0.6 is 27.3 Å². The lowest BCUT2D eigenvalue weighted by atomic mass is 10.2. The summed E-state index contributed by atoms with van der Waals surface area (Å²) in [5.41, 5.74) is 1.72. The zero-order valence-corrected chi connectivity index (χ0v) is 13.3. The Morgan fingerprint density at radius 2 is 2.00 bits per heavy atom. The quantitative estimate of drug-likeness (QED) is 0.637. The fourth-order valence-corrected chi connectivity index (χ4v) is 2.96. The molecule has 2 N–H and O–H groups in total. The van der Waals surface area contributed by atoms with Crippen molar-refractivity contribution in [1.82, 2.24) is 9.97 Å². The number of nitrogens with zero attached hydrogens (tertiary/aromatic N) is 2. The van der Waals surface area contributed by atoms with Gasteiger partial charge in [-0.25, -0.2) is 9.97 Å². The maximum atomic E-state index is 9.45. The third-order valence-electron chi connectivity index (χ3n) is 2.37. The van der Waals surface area contributed by atoms with Crippen molar-refractivity contribution in [1.29, 1.82) is 0 Å². The van der Waals surface area contributed by atoms with Crippen LogP contribution in [0.15, 0.2) is 40.3 Å². The molecule has 108 valence electrons. The first-order valence-corrected chi connectivity index (χ1v) is 7.54. The Morgan fingerprint density at radius 3 is 2.67 bits per heavy atom. The molecule has 0 aliphatic carbocycles. The molecule has 7 heteroatoms. The number of aromatic hydroxyl groups is 1.